The fraction of sp³-hybridized carbons (Fsp3) is 0.250. The smallest absolute Gasteiger partial charge is 0.130 e. The van der Waals surface area contributed by atoms with Gasteiger partial charge in [-0.05, 0) is 0 Å². The number of ether oxygens (including phenoxy) is 1. The maximum absolute atomic E-state index is 6.55. The molecule has 0 heterocycles. The van der Waals surface area contributed by atoms with Crippen LogP contribution in [0.3, 0.4) is 0 Å². The molecule has 0 amide bonds. The Kier molecular flexibility index (Phi) is 3.62. The van der Waals surface area contributed by atoms with Crippen molar-refractivity contribution in [1.82, 2.24) is 0 Å². The van der Waals surface area contributed by atoms with Crippen molar-refractivity contribution < 1.29 is 4.74 Å². The molecule has 0 aliphatic heterocycles. The Bertz CT molecular complexity index is 81.8. The molecule has 2 nitrogen and oxygen atoms in total. The van der Waals surface area contributed by atoms with Gasteiger partial charge in [0.1, 0.15) is 12.1 Å². The van der Waals surface area contributed by atoms with E-state index in [0.717, 1.165) is 6.21 Å². The summed E-state index contributed by atoms with van der Waals surface area (Å²) in [4.78, 5) is 0. The van der Waals surface area contributed by atoms with Crippen LogP contribution in [0.25, 0.3) is 0 Å². The van der Waals surface area contributed by atoms with E-state index in [9.17, 15) is 0 Å². The van der Waals surface area contributed by atoms with Gasteiger partial charge in [0.25, 0.3) is 0 Å². The molecular formula is C4H8NOP. The topological polar surface area (TPSA) is 33.1 Å². The molecule has 40 valence electrons. The third-order valence-corrected chi connectivity index (χ3v) is 0.596. The van der Waals surface area contributed by atoms with Gasteiger partial charge in [0.2, 0.25) is 0 Å². The Morgan fingerprint density at radius 2 is 2.57 bits per heavy atom. The van der Waals surface area contributed by atoms with Crippen molar-refractivity contribution >= 4 is 15.5 Å². The van der Waals surface area contributed by atoms with Crippen molar-refractivity contribution in [3.63, 3.8) is 0 Å². The van der Waals surface area contributed by atoms with Crippen LogP contribution in [0.1, 0.15) is 0 Å². The van der Waals surface area contributed by atoms with Crippen molar-refractivity contribution in [2.45, 2.75) is 0 Å². The first kappa shape index (κ1) is 6.64. The summed E-state index contributed by atoms with van der Waals surface area (Å²) in [7, 11) is 2.37. The Labute approximate surface area is 45.3 Å². The molecule has 0 saturated carbocycles. The van der Waals surface area contributed by atoms with E-state index < -0.39 is 0 Å². The molecule has 0 fully saturated rings. The van der Waals surface area contributed by atoms with Crippen LogP contribution in [0.2, 0.25) is 0 Å². The Hall–Kier alpha value is -0.360. The third kappa shape index (κ3) is 3.47. The lowest BCUT2D eigenvalue weighted by Crippen LogP contribution is -1.85. The van der Waals surface area contributed by atoms with Gasteiger partial charge in [0.05, 0.1) is 6.21 Å². The molecule has 0 radical (unpaired) electrons. The van der Waals surface area contributed by atoms with Gasteiger partial charge in [0.15, 0.2) is 0 Å². The van der Waals surface area contributed by atoms with E-state index in [0.29, 0.717) is 12.1 Å². The van der Waals surface area contributed by atoms with E-state index in [1.165, 1.54) is 0 Å². The number of allylic oxidation sites excluding steroid dienone is 1. The molecule has 0 aromatic carbocycles. The maximum atomic E-state index is 6.55. The predicted molar refractivity (Wildman–Crippen MR) is 33.6 cm³/mol. The standard InChI is InChI=1S/C4H8NOP/c1-4(2-5)6-3-7/h2,5H,1,3,7H2. The minimum atomic E-state index is 0.398. The normalized spacial score (nSPS) is 7.57. The minimum absolute atomic E-state index is 0.398. The quantitative estimate of drug-likeness (QED) is 0.334. The highest BCUT2D eigenvalue weighted by molar-refractivity contribution is 7.16. The van der Waals surface area contributed by atoms with Gasteiger partial charge in [0, 0.05) is 0 Å². The number of nitrogens with one attached hydrogen (secondary N) is 1. The van der Waals surface area contributed by atoms with Crippen LogP contribution < -0.4 is 0 Å². The summed E-state index contributed by atoms with van der Waals surface area (Å²) in [6, 6.07) is 0. The van der Waals surface area contributed by atoms with E-state index in [1.54, 1.807) is 0 Å². The van der Waals surface area contributed by atoms with Gasteiger partial charge in [-0.2, -0.15) is 0 Å². The second kappa shape index (κ2) is 3.82. The fourth-order valence-corrected chi connectivity index (χ4v) is 0.363. The molecule has 0 aliphatic carbocycles. The highest BCUT2D eigenvalue weighted by Gasteiger charge is 1.79. The van der Waals surface area contributed by atoms with Gasteiger partial charge in [-0.15, -0.1) is 0 Å². The minimum Gasteiger partial charge on any atom is -0.489 e. The predicted octanol–water partition coefficient (Wildman–Crippen LogP) is 0.999. The molecule has 3 heteroatoms. The second-order valence-electron chi connectivity index (χ2n) is 0.922. The van der Waals surface area contributed by atoms with Gasteiger partial charge < -0.3 is 10.1 Å². The van der Waals surface area contributed by atoms with Crippen LogP contribution in [0.4, 0.5) is 0 Å². The van der Waals surface area contributed by atoms with E-state index in [2.05, 4.69) is 15.8 Å². The molecule has 1 unspecified atom stereocenters. The molecule has 0 aromatic rings. The number of hydrogen-bond acceptors (Lipinski definition) is 2. The van der Waals surface area contributed by atoms with Crippen molar-refractivity contribution in [3.05, 3.63) is 12.3 Å². The summed E-state index contributed by atoms with van der Waals surface area (Å²) in [5.41, 5.74) is 0. The Morgan fingerprint density at radius 3 is 2.71 bits per heavy atom. The van der Waals surface area contributed by atoms with Crippen molar-refractivity contribution in [1.29, 1.82) is 5.41 Å². The lowest BCUT2D eigenvalue weighted by Gasteiger charge is -1.95. The first-order valence-corrected chi connectivity index (χ1v) is 2.65. The summed E-state index contributed by atoms with van der Waals surface area (Å²) in [5.74, 6) is 0.398. The van der Waals surface area contributed by atoms with Crippen LogP contribution in [-0.4, -0.2) is 12.6 Å². The second-order valence-corrected chi connectivity index (χ2v) is 1.25. The zero-order chi connectivity index (χ0) is 5.70. The number of hydrogen-bond donors (Lipinski definition) is 1. The molecule has 0 spiro atoms. The molecule has 7 heavy (non-hydrogen) atoms. The average molecular weight is 117 g/mol. The molecule has 0 bridgehead atoms. The lowest BCUT2D eigenvalue weighted by atomic mass is 10.6. The van der Waals surface area contributed by atoms with Crippen LogP contribution >= 0.6 is 9.24 Å². The molecule has 1 atom stereocenters. The van der Waals surface area contributed by atoms with E-state index in [1.807, 2.05) is 0 Å². The van der Waals surface area contributed by atoms with Crippen LogP contribution in [0.15, 0.2) is 12.3 Å². The van der Waals surface area contributed by atoms with E-state index in [4.69, 9.17) is 10.1 Å². The van der Waals surface area contributed by atoms with E-state index >= 15 is 0 Å². The van der Waals surface area contributed by atoms with Crippen molar-refractivity contribution in [3.8, 4) is 0 Å². The third-order valence-electron chi connectivity index (χ3n) is 0.430. The fourth-order valence-electron chi connectivity index (χ4n) is 0.149. The first-order valence-electron chi connectivity index (χ1n) is 1.83. The molecule has 0 aromatic heterocycles. The van der Waals surface area contributed by atoms with Gasteiger partial charge in [-0.1, -0.05) is 15.8 Å². The van der Waals surface area contributed by atoms with Gasteiger partial charge >= 0.3 is 0 Å². The average Bonchev–Trinajstić information content (AvgIpc) is 1.68. The molecule has 0 rings (SSSR count). The van der Waals surface area contributed by atoms with Crippen LogP contribution in [0.5, 0.6) is 0 Å². The SMILES string of the molecule is C=C(C=N)OCP. The largest absolute Gasteiger partial charge is 0.489 e. The van der Waals surface area contributed by atoms with E-state index in [-0.39, 0.29) is 0 Å². The van der Waals surface area contributed by atoms with Gasteiger partial charge in [-0.3, -0.25) is 0 Å². The number of rotatable bonds is 3. The lowest BCUT2D eigenvalue weighted by molar-refractivity contribution is 0.298. The van der Waals surface area contributed by atoms with Gasteiger partial charge in [-0.25, -0.2) is 0 Å². The monoisotopic (exact) mass is 117 g/mol. The highest BCUT2D eigenvalue weighted by Crippen LogP contribution is 1.90. The first-order chi connectivity index (χ1) is 3.31. The summed E-state index contributed by atoms with van der Waals surface area (Å²) in [6.45, 7) is 3.38. The van der Waals surface area contributed by atoms with Crippen LogP contribution in [-0.2, 0) is 4.74 Å². The highest BCUT2D eigenvalue weighted by atomic mass is 31.0. The summed E-state index contributed by atoms with van der Waals surface area (Å²) in [6.07, 6.45) is 1.58. The Balaban J connectivity index is 3.17. The summed E-state index contributed by atoms with van der Waals surface area (Å²) in [5, 5.41) is 6.55. The summed E-state index contributed by atoms with van der Waals surface area (Å²) >= 11 is 0. The van der Waals surface area contributed by atoms with Crippen molar-refractivity contribution in [2.75, 3.05) is 6.35 Å². The maximum Gasteiger partial charge on any atom is 0.130 e. The Morgan fingerprint density at radius 1 is 2.00 bits per heavy atom. The zero-order valence-corrected chi connectivity index (χ0v) is 5.13. The molecule has 1 N–H and O–H groups in total. The van der Waals surface area contributed by atoms with Crippen LogP contribution in [0, 0.1) is 5.41 Å². The molecular weight excluding hydrogens is 109 g/mol. The molecule has 0 aliphatic rings. The zero-order valence-electron chi connectivity index (χ0n) is 3.98. The summed E-state index contributed by atoms with van der Waals surface area (Å²) < 4.78 is 4.72. The van der Waals surface area contributed by atoms with Crippen molar-refractivity contribution in [2.24, 2.45) is 0 Å². The molecule has 0 saturated heterocycles.